The van der Waals surface area contributed by atoms with Crippen LogP contribution in [0, 0.1) is 0 Å². The zero-order valence-electron chi connectivity index (χ0n) is 13.5. The van der Waals surface area contributed by atoms with Crippen LogP contribution in [0.25, 0.3) is 0 Å². The van der Waals surface area contributed by atoms with E-state index in [2.05, 4.69) is 37.7 Å². The molecule has 0 saturated heterocycles. The van der Waals surface area contributed by atoms with Gasteiger partial charge in [-0.05, 0) is 45.2 Å². The van der Waals surface area contributed by atoms with Gasteiger partial charge >= 0.3 is 7.12 Å². The zero-order chi connectivity index (χ0) is 15.8. The molecule has 0 aromatic heterocycles. The summed E-state index contributed by atoms with van der Waals surface area (Å²) in [7, 11) is 2.69. The number of hydrogen-bond acceptors (Lipinski definition) is 5. The topological polar surface area (TPSA) is 56.2 Å². The summed E-state index contributed by atoms with van der Waals surface area (Å²) >= 11 is 0. The molecule has 2 N–H and O–H groups in total. The summed E-state index contributed by atoms with van der Waals surface area (Å²) in [6, 6.07) is 7.38. The van der Waals surface area contributed by atoms with Gasteiger partial charge in [0.05, 0.1) is 0 Å². The van der Waals surface area contributed by atoms with E-state index in [0.717, 1.165) is 19.6 Å². The van der Waals surface area contributed by atoms with E-state index < -0.39 is 7.12 Å². The van der Waals surface area contributed by atoms with Crippen LogP contribution in [0.1, 0.15) is 13.8 Å². The summed E-state index contributed by atoms with van der Waals surface area (Å²) < 4.78 is 5.71. The third kappa shape index (κ3) is 6.48. The summed E-state index contributed by atoms with van der Waals surface area (Å²) in [5, 5.41) is 18.3. The number of likely N-dealkylation sites (N-methyl/N-ethyl adjacent to an activating group) is 2. The molecule has 0 saturated carbocycles. The van der Waals surface area contributed by atoms with Gasteiger partial charge in [-0.1, -0.05) is 19.1 Å². The van der Waals surface area contributed by atoms with Gasteiger partial charge in [0.15, 0.2) is 0 Å². The van der Waals surface area contributed by atoms with Gasteiger partial charge in [0.1, 0.15) is 12.4 Å². The highest BCUT2D eigenvalue weighted by atomic mass is 16.5. The van der Waals surface area contributed by atoms with E-state index in [1.54, 1.807) is 18.2 Å². The molecule has 0 spiro atoms. The fourth-order valence-corrected chi connectivity index (χ4v) is 2.38. The number of nitrogens with zero attached hydrogens (tertiary/aromatic N) is 2. The van der Waals surface area contributed by atoms with Crippen molar-refractivity contribution in [2.75, 3.05) is 40.3 Å². The SMILES string of the molecule is CCN(CCOc1cccc(B(O)O)c1)C(C)CN(C)C. The Morgan fingerprint density at radius 1 is 1.29 bits per heavy atom. The molecule has 6 heteroatoms. The average molecular weight is 294 g/mol. The van der Waals surface area contributed by atoms with Crippen LogP contribution in [0.5, 0.6) is 5.75 Å². The number of hydrogen-bond donors (Lipinski definition) is 2. The predicted molar refractivity (Wildman–Crippen MR) is 87.0 cm³/mol. The summed E-state index contributed by atoms with van der Waals surface area (Å²) in [6.45, 7) is 7.78. The van der Waals surface area contributed by atoms with E-state index in [9.17, 15) is 0 Å². The van der Waals surface area contributed by atoms with Crippen LogP contribution < -0.4 is 10.2 Å². The Bertz CT molecular complexity index is 416. The molecule has 0 aliphatic heterocycles. The second-order valence-electron chi connectivity index (χ2n) is 5.53. The average Bonchev–Trinajstić information content (AvgIpc) is 2.43. The minimum atomic E-state index is -1.46. The Hall–Kier alpha value is -1.08. The predicted octanol–water partition coefficient (Wildman–Crippen LogP) is 0.0172. The van der Waals surface area contributed by atoms with Gasteiger partial charge < -0.3 is 19.7 Å². The second kappa shape index (κ2) is 9.05. The monoisotopic (exact) mass is 294 g/mol. The lowest BCUT2D eigenvalue weighted by Gasteiger charge is -2.29. The van der Waals surface area contributed by atoms with E-state index >= 15 is 0 Å². The zero-order valence-corrected chi connectivity index (χ0v) is 13.5. The third-order valence-corrected chi connectivity index (χ3v) is 3.46. The van der Waals surface area contributed by atoms with E-state index in [1.807, 2.05) is 6.07 Å². The lowest BCUT2D eigenvalue weighted by Crippen LogP contribution is -2.42. The van der Waals surface area contributed by atoms with Gasteiger partial charge in [0.25, 0.3) is 0 Å². The van der Waals surface area contributed by atoms with E-state index in [0.29, 0.717) is 23.9 Å². The minimum Gasteiger partial charge on any atom is -0.492 e. The molecule has 0 aliphatic carbocycles. The normalized spacial score (nSPS) is 12.8. The molecule has 0 fully saturated rings. The van der Waals surface area contributed by atoms with Gasteiger partial charge in [0, 0.05) is 19.1 Å². The van der Waals surface area contributed by atoms with Crippen molar-refractivity contribution in [2.45, 2.75) is 19.9 Å². The summed E-state index contributed by atoms with van der Waals surface area (Å²) in [4.78, 5) is 4.55. The molecule has 0 heterocycles. The molecule has 0 aliphatic rings. The van der Waals surface area contributed by atoms with Crippen LogP contribution in [0.15, 0.2) is 24.3 Å². The van der Waals surface area contributed by atoms with Crippen molar-refractivity contribution in [3.05, 3.63) is 24.3 Å². The molecule has 0 radical (unpaired) electrons. The lowest BCUT2D eigenvalue weighted by atomic mass is 9.80. The summed E-state index contributed by atoms with van der Waals surface area (Å²) in [5.74, 6) is 0.664. The maximum Gasteiger partial charge on any atom is 0.488 e. The van der Waals surface area contributed by atoms with Gasteiger partial charge in [0.2, 0.25) is 0 Å². The number of rotatable bonds is 9. The van der Waals surface area contributed by atoms with Crippen molar-refractivity contribution in [3.8, 4) is 5.75 Å². The Morgan fingerprint density at radius 2 is 2.00 bits per heavy atom. The van der Waals surface area contributed by atoms with Crippen LogP contribution in [0.2, 0.25) is 0 Å². The maximum atomic E-state index is 9.14. The summed E-state index contributed by atoms with van der Waals surface area (Å²) in [6.07, 6.45) is 0. The van der Waals surface area contributed by atoms with Crippen LogP contribution in [0.3, 0.4) is 0 Å². The third-order valence-electron chi connectivity index (χ3n) is 3.46. The first-order valence-corrected chi connectivity index (χ1v) is 7.41. The molecule has 1 atom stereocenters. The van der Waals surface area contributed by atoms with Crippen LogP contribution in [-0.4, -0.2) is 73.3 Å². The van der Waals surface area contributed by atoms with Crippen molar-refractivity contribution in [1.29, 1.82) is 0 Å². The first-order valence-electron chi connectivity index (χ1n) is 7.41. The van der Waals surface area contributed by atoms with Gasteiger partial charge in [-0.15, -0.1) is 0 Å². The highest BCUT2D eigenvalue weighted by Crippen LogP contribution is 2.08. The molecule has 21 heavy (non-hydrogen) atoms. The van der Waals surface area contributed by atoms with E-state index in [-0.39, 0.29) is 0 Å². The molecule has 1 aromatic rings. The Morgan fingerprint density at radius 3 is 2.57 bits per heavy atom. The van der Waals surface area contributed by atoms with E-state index in [4.69, 9.17) is 14.8 Å². The van der Waals surface area contributed by atoms with Gasteiger partial charge in [-0.3, -0.25) is 4.90 Å². The van der Waals surface area contributed by atoms with Crippen molar-refractivity contribution >= 4 is 12.6 Å². The first-order chi connectivity index (χ1) is 9.93. The van der Waals surface area contributed by atoms with Crippen molar-refractivity contribution in [2.24, 2.45) is 0 Å². The molecule has 0 bridgehead atoms. The highest BCUT2D eigenvalue weighted by molar-refractivity contribution is 6.58. The Balaban J connectivity index is 2.45. The molecule has 1 rings (SSSR count). The number of benzene rings is 1. The highest BCUT2D eigenvalue weighted by Gasteiger charge is 2.13. The van der Waals surface area contributed by atoms with Crippen molar-refractivity contribution < 1.29 is 14.8 Å². The van der Waals surface area contributed by atoms with E-state index in [1.165, 1.54) is 0 Å². The molecule has 1 aromatic carbocycles. The molecule has 0 amide bonds. The van der Waals surface area contributed by atoms with Gasteiger partial charge in [-0.2, -0.15) is 0 Å². The first kappa shape index (κ1) is 18.0. The molecular weight excluding hydrogens is 267 g/mol. The van der Waals surface area contributed by atoms with Crippen LogP contribution in [0.4, 0.5) is 0 Å². The fourth-order valence-electron chi connectivity index (χ4n) is 2.38. The minimum absolute atomic E-state index is 0.445. The van der Waals surface area contributed by atoms with Crippen LogP contribution in [-0.2, 0) is 0 Å². The quantitative estimate of drug-likeness (QED) is 0.629. The molecule has 5 nitrogen and oxygen atoms in total. The van der Waals surface area contributed by atoms with Gasteiger partial charge in [-0.25, -0.2) is 0 Å². The smallest absolute Gasteiger partial charge is 0.488 e. The van der Waals surface area contributed by atoms with Crippen LogP contribution >= 0.6 is 0 Å². The Kier molecular flexibility index (Phi) is 7.74. The molecule has 118 valence electrons. The molecule has 1 unspecified atom stereocenters. The number of ether oxygens (including phenoxy) is 1. The summed E-state index contributed by atoms with van der Waals surface area (Å²) in [5.41, 5.74) is 0.445. The standard InChI is InChI=1S/C15H27BN2O3/c1-5-18(13(2)12-17(3)4)9-10-21-15-8-6-7-14(11-15)16(19)20/h6-8,11,13,19-20H,5,9-10,12H2,1-4H3. The second-order valence-corrected chi connectivity index (χ2v) is 5.53. The maximum absolute atomic E-state index is 9.14. The van der Waals surface area contributed by atoms with Crippen molar-refractivity contribution in [1.82, 2.24) is 9.80 Å². The lowest BCUT2D eigenvalue weighted by molar-refractivity contribution is 0.152. The largest absolute Gasteiger partial charge is 0.492 e. The fraction of sp³-hybridized carbons (Fsp3) is 0.600. The van der Waals surface area contributed by atoms with Crippen molar-refractivity contribution in [3.63, 3.8) is 0 Å². The molecular formula is C15H27BN2O3. The Labute approximate surface area is 128 Å².